The fourth-order valence-corrected chi connectivity index (χ4v) is 4.68. The average Bonchev–Trinajstić information content (AvgIpc) is 3.19. The van der Waals surface area contributed by atoms with E-state index in [0.29, 0.717) is 18.9 Å². The summed E-state index contributed by atoms with van der Waals surface area (Å²) in [4.78, 5) is 30.6. The molecule has 7 nitrogen and oxygen atoms in total. The topological polar surface area (TPSA) is 65.1 Å². The fourth-order valence-electron chi connectivity index (χ4n) is 4.68. The second-order valence-electron chi connectivity index (χ2n) is 9.18. The molecule has 178 valence electrons. The molecule has 0 spiro atoms. The van der Waals surface area contributed by atoms with Crippen LogP contribution in [0.4, 0.5) is 0 Å². The first kappa shape index (κ1) is 24.5. The van der Waals surface area contributed by atoms with Crippen LogP contribution in [0.1, 0.15) is 45.1 Å². The van der Waals surface area contributed by atoms with E-state index < -0.39 is 0 Å². The Morgan fingerprint density at radius 2 is 1.97 bits per heavy atom. The maximum Gasteiger partial charge on any atom is 0.225 e. The molecule has 0 bridgehead atoms. The second kappa shape index (κ2) is 12.2. The van der Waals surface area contributed by atoms with Crippen LogP contribution >= 0.6 is 0 Å². The van der Waals surface area contributed by atoms with Crippen molar-refractivity contribution in [3.8, 4) is 5.75 Å². The molecule has 2 saturated heterocycles. The van der Waals surface area contributed by atoms with Crippen LogP contribution in [0.2, 0.25) is 0 Å². The Kier molecular flexibility index (Phi) is 9.36. The lowest BCUT2D eigenvalue weighted by molar-refractivity contribution is -0.137. The first-order valence-electron chi connectivity index (χ1n) is 12.2. The van der Waals surface area contributed by atoms with Gasteiger partial charge in [0.1, 0.15) is 12.4 Å². The third-order valence-electron chi connectivity index (χ3n) is 6.66. The van der Waals surface area contributed by atoms with Gasteiger partial charge in [-0.15, -0.1) is 0 Å². The van der Waals surface area contributed by atoms with Crippen molar-refractivity contribution in [3.63, 3.8) is 0 Å². The van der Waals surface area contributed by atoms with E-state index in [-0.39, 0.29) is 17.9 Å². The number of ether oxygens (including phenoxy) is 1. The van der Waals surface area contributed by atoms with Gasteiger partial charge in [-0.25, -0.2) is 0 Å². The highest BCUT2D eigenvalue weighted by molar-refractivity contribution is 5.79. The molecule has 0 radical (unpaired) electrons. The van der Waals surface area contributed by atoms with Gasteiger partial charge in [0.15, 0.2) is 0 Å². The van der Waals surface area contributed by atoms with Crippen molar-refractivity contribution in [3.05, 3.63) is 29.8 Å². The zero-order valence-corrected chi connectivity index (χ0v) is 20.0. The minimum Gasteiger partial charge on any atom is -0.492 e. The normalized spacial score (nSPS) is 19.6. The van der Waals surface area contributed by atoms with Gasteiger partial charge in [-0.1, -0.05) is 26.0 Å². The van der Waals surface area contributed by atoms with Crippen LogP contribution in [0.3, 0.4) is 0 Å². The molecule has 2 aliphatic rings. The van der Waals surface area contributed by atoms with Crippen molar-refractivity contribution in [1.82, 2.24) is 20.0 Å². The van der Waals surface area contributed by atoms with Gasteiger partial charge in [0.2, 0.25) is 11.8 Å². The first-order valence-corrected chi connectivity index (χ1v) is 12.2. The van der Waals surface area contributed by atoms with E-state index in [1.54, 1.807) is 0 Å². The van der Waals surface area contributed by atoms with Crippen LogP contribution in [0.5, 0.6) is 5.75 Å². The number of hydrogen-bond donors (Lipinski definition) is 1. The average molecular weight is 445 g/mol. The lowest BCUT2D eigenvalue weighted by atomic mass is 10.0. The van der Waals surface area contributed by atoms with Crippen molar-refractivity contribution < 1.29 is 14.3 Å². The predicted molar refractivity (Wildman–Crippen MR) is 127 cm³/mol. The summed E-state index contributed by atoms with van der Waals surface area (Å²) in [5.41, 5.74) is 1.21. The van der Waals surface area contributed by atoms with Gasteiger partial charge in [-0.3, -0.25) is 14.5 Å². The summed E-state index contributed by atoms with van der Waals surface area (Å²) < 4.78 is 6.03. The summed E-state index contributed by atoms with van der Waals surface area (Å²) in [6.07, 6.45) is 3.42. The number of amides is 2. The number of piperazine rings is 1. The number of nitrogens with one attached hydrogen (secondary N) is 1. The Balaban J connectivity index is 1.37. The SMILES string of the molecule is CCC(CC)C(=O)N1CCN(CCOc2cccc(CN(C)CC3CCC(=O)N3)c2)CC1. The zero-order valence-electron chi connectivity index (χ0n) is 20.0. The summed E-state index contributed by atoms with van der Waals surface area (Å²) in [6, 6.07) is 8.53. The number of carbonyl (C=O) groups is 2. The van der Waals surface area contributed by atoms with Crippen LogP contribution in [-0.4, -0.2) is 85.5 Å². The minimum absolute atomic E-state index is 0.165. The predicted octanol–water partition coefficient (Wildman–Crippen LogP) is 2.36. The first-order chi connectivity index (χ1) is 15.5. The van der Waals surface area contributed by atoms with Gasteiger partial charge in [-0.05, 0) is 44.0 Å². The molecule has 1 aromatic carbocycles. The molecule has 0 aliphatic carbocycles. The second-order valence-corrected chi connectivity index (χ2v) is 9.18. The molecule has 2 heterocycles. The Morgan fingerprint density at radius 1 is 1.22 bits per heavy atom. The molecule has 1 N–H and O–H groups in total. The molecule has 0 saturated carbocycles. The highest BCUT2D eigenvalue weighted by Gasteiger charge is 2.25. The van der Waals surface area contributed by atoms with Crippen LogP contribution < -0.4 is 10.1 Å². The molecule has 2 fully saturated rings. The number of likely N-dealkylation sites (N-methyl/N-ethyl adjacent to an activating group) is 1. The Labute approximate surface area is 193 Å². The van der Waals surface area contributed by atoms with E-state index in [1.165, 1.54) is 5.56 Å². The van der Waals surface area contributed by atoms with E-state index in [2.05, 4.69) is 48.1 Å². The lowest BCUT2D eigenvalue weighted by Gasteiger charge is -2.36. The molecule has 3 rings (SSSR count). The fraction of sp³-hybridized carbons (Fsp3) is 0.680. The summed E-state index contributed by atoms with van der Waals surface area (Å²) in [5, 5.41) is 3.03. The van der Waals surface area contributed by atoms with Crippen LogP contribution in [0.15, 0.2) is 24.3 Å². The van der Waals surface area contributed by atoms with E-state index in [0.717, 1.165) is 70.8 Å². The summed E-state index contributed by atoms with van der Waals surface area (Å²) >= 11 is 0. The van der Waals surface area contributed by atoms with Crippen molar-refractivity contribution in [1.29, 1.82) is 0 Å². The van der Waals surface area contributed by atoms with Gasteiger partial charge in [0.25, 0.3) is 0 Å². The third kappa shape index (κ3) is 7.20. The Bertz CT molecular complexity index is 744. The number of hydrogen-bond acceptors (Lipinski definition) is 5. The van der Waals surface area contributed by atoms with Crippen LogP contribution in [-0.2, 0) is 16.1 Å². The highest BCUT2D eigenvalue weighted by Crippen LogP contribution is 2.17. The molecule has 32 heavy (non-hydrogen) atoms. The molecule has 7 heteroatoms. The molecule has 0 aromatic heterocycles. The van der Waals surface area contributed by atoms with Gasteiger partial charge in [-0.2, -0.15) is 0 Å². The molecule has 2 aliphatic heterocycles. The zero-order chi connectivity index (χ0) is 22.9. The Morgan fingerprint density at radius 3 is 2.62 bits per heavy atom. The van der Waals surface area contributed by atoms with Gasteiger partial charge >= 0.3 is 0 Å². The van der Waals surface area contributed by atoms with E-state index >= 15 is 0 Å². The largest absolute Gasteiger partial charge is 0.492 e. The minimum atomic E-state index is 0.165. The smallest absolute Gasteiger partial charge is 0.225 e. The number of carbonyl (C=O) groups excluding carboxylic acids is 2. The molecule has 2 amide bonds. The van der Waals surface area contributed by atoms with Gasteiger partial charge < -0.3 is 19.9 Å². The maximum absolute atomic E-state index is 12.5. The van der Waals surface area contributed by atoms with Crippen molar-refractivity contribution in [2.24, 2.45) is 5.92 Å². The highest BCUT2D eigenvalue weighted by atomic mass is 16.5. The van der Waals surface area contributed by atoms with E-state index in [4.69, 9.17) is 4.74 Å². The van der Waals surface area contributed by atoms with Crippen molar-refractivity contribution in [2.45, 2.75) is 52.1 Å². The molecular formula is C25H40N4O3. The molecule has 1 atom stereocenters. The lowest BCUT2D eigenvalue weighted by Crippen LogP contribution is -2.51. The van der Waals surface area contributed by atoms with Crippen LogP contribution in [0.25, 0.3) is 0 Å². The number of rotatable bonds is 11. The summed E-state index contributed by atoms with van der Waals surface area (Å²) in [5.74, 6) is 1.56. The maximum atomic E-state index is 12.5. The summed E-state index contributed by atoms with van der Waals surface area (Å²) in [7, 11) is 2.09. The monoisotopic (exact) mass is 444 g/mol. The van der Waals surface area contributed by atoms with Crippen molar-refractivity contribution >= 4 is 11.8 Å². The Hall–Kier alpha value is -2.12. The number of nitrogens with zero attached hydrogens (tertiary/aromatic N) is 3. The van der Waals surface area contributed by atoms with Crippen LogP contribution in [0, 0.1) is 5.92 Å². The van der Waals surface area contributed by atoms with Gasteiger partial charge in [0.05, 0.1) is 0 Å². The standard InChI is InChI=1S/C25H40N4O3/c1-4-21(5-2)25(31)29-13-11-28(12-14-29)15-16-32-23-8-6-7-20(17-23)18-27(3)19-22-9-10-24(30)26-22/h6-8,17,21-22H,4-5,9-16,18-19H2,1-3H3,(H,26,30). The third-order valence-corrected chi connectivity index (χ3v) is 6.66. The van der Waals surface area contributed by atoms with E-state index in [1.807, 2.05) is 17.0 Å². The van der Waals surface area contributed by atoms with Crippen molar-refractivity contribution in [2.75, 3.05) is 52.9 Å². The molecule has 1 aromatic rings. The number of benzene rings is 1. The van der Waals surface area contributed by atoms with E-state index in [9.17, 15) is 9.59 Å². The van der Waals surface area contributed by atoms with Gasteiger partial charge in [0, 0.05) is 64.2 Å². The molecule has 1 unspecified atom stereocenters. The summed E-state index contributed by atoms with van der Waals surface area (Å²) in [6.45, 7) is 10.9. The quantitative estimate of drug-likeness (QED) is 0.568. The molecular weight excluding hydrogens is 404 g/mol.